The molecule has 1 saturated carbocycles. The van der Waals surface area contributed by atoms with Crippen LogP contribution >= 0.6 is 0 Å². The van der Waals surface area contributed by atoms with E-state index < -0.39 is 0 Å². The highest BCUT2D eigenvalue weighted by molar-refractivity contribution is 4.87. The van der Waals surface area contributed by atoms with Gasteiger partial charge >= 0.3 is 0 Å². The van der Waals surface area contributed by atoms with Crippen LogP contribution in [-0.4, -0.2) is 37.1 Å². The normalized spacial score (nSPS) is 33.2. The zero-order valence-electron chi connectivity index (χ0n) is 13.5. The van der Waals surface area contributed by atoms with Gasteiger partial charge in [0.15, 0.2) is 0 Å². The molecule has 112 valence electrons. The van der Waals surface area contributed by atoms with Crippen LogP contribution in [0.5, 0.6) is 0 Å². The Morgan fingerprint density at radius 2 is 1.95 bits per heavy atom. The van der Waals surface area contributed by atoms with Crippen molar-refractivity contribution >= 4 is 0 Å². The van der Waals surface area contributed by atoms with E-state index in [0.29, 0.717) is 5.41 Å². The molecular weight excluding hydrogens is 232 g/mol. The van der Waals surface area contributed by atoms with Crippen LogP contribution in [0, 0.1) is 17.3 Å². The van der Waals surface area contributed by atoms with E-state index in [1.54, 1.807) is 0 Å². The van der Waals surface area contributed by atoms with Gasteiger partial charge in [-0.2, -0.15) is 0 Å². The number of nitrogens with zero attached hydrogens (tertiary/aromatic N) is 1. The summed E-state index contributed by atoms with van der Waals surface area (Å²) < 4.78 is 0. The van der Waals surface area contributed by atoms with E-state index >= 15 is 0 Å². The molecule has 3 atom stereocenters. The first-order valence-corrected chi connectivity index (χ1v) is 8.46. The van der Waals surface area contributed by atoms with Crippen LogP contribution in [0.25, 0.3) is 0 Å². The Hall–Kier alpha value is -0.0800. The summed E-state index contributed by atoms with van der Waals surface area (Å²) in [7, 11) is 0. The van der Waals surface area contributed by atoms with Crippen molar-refractivity contribution in [3.63, 3.8) is 0 Å². The molecule has 2 fully saturated rings. The highest BCUT2D eigenvalue weighted by Gasteiger charge is 2.32. The van der Waals surface area contributed by atoms with Gasteiger partial charge in [-0.15, -0.1) is 0 Å². The van der Waals surface area contributed by atoms with Gasteiger partial charge in [-0.05, 0) is 62.6 Å². The Bertz CT molecular complexity index is 269. The molecule has 1 N–H and O–H groups in total. The molecular formula is C17H34N2. The first-order valence-electron chi connectivity index (χ1n) is 8.46. The zero-order valence-corrected chi connectivity index (χ0v) is 13.5. The molecule has 0 amide bonds. The monoisotopic (exact) mass is 266 g/mol. The zero-order chi connectivity index (χ0) is 13.9. The Kier molecular flexibility index (Phi) is 5.30. The molecule has 2 heteroatoms. The summed E-state index contributed by atoms with van der Waals surface area (Å²) in [5.41, 5.74) is 0.494. The van der Waals surface area contributed by atoms with E-state index in [1.165, 1.54) is 51.7 Å². The van der Waals surface area contributed by atoms with Crippen molar-refractivity contribution in [2.45, 2.75) is 65.8 Å². The van der Waals surface area contributed by atoms with Crippen LogP contribution in [0.2, 0.25) is 0 Å². The quantitative estimate of drug-likeness (QED) is 0.819. The Labute approximate surface area is 120 Å². The van der Waals surface area contributed by atoms with E-state index in [0.717, 1.165) is 24.4 Å². The van der Waals surface area contributed by atoms with E-state index in [-0.39, 0.29) is 0 Å². The Balaban J connectivity index is 1.72. The van der Waals surface area contributed by atoms with Gasteiger partial charge < -0.3 is 10.2 Å². The van der Waals surface area contributed by atoms with E-state index in [2.05, 4.69) is 37.9 Å². The van der Waals surface area contributed by atoms with Gasteiger partial charge in [0, 0.05) is 12.6 Å². The summed E-state index contributed by atoms with van der Waals surface area (Å²) in [6.07, 6.45) is 7.11. The maximum atomic E-state index is 3.68. The minimum atomic E-state index is 0.494. The molecule has 3 unspecified atom stereocenters. The minimum absolute atomic E-state index is 0.494. The van der Waals surface area contributed by atoms with Crippen molar-refractivity contribution in [3.05, 3.63) is 0 Å². The third kappa shape index (κ3) is 4.19. The lowest BCUT2D eigenvalue weighted by atomic mass is 9.80. The summed E-state index contributed by atoms with van der Waals surface area (Å²) in [5.74, 6) is 1.84. The second-order valence-electron chi connectivity index (χ2n) is 7.80. The molecule has 2 nitrogen and oxygen atoms in total. The third-order valence-electron chi connectivity index (χ3n) is 5.44. The molecule has 0 aromatic heterocycles. The van der Waals surface area contributed by atoms with Gasteiger partial charge in [0.25, 0.3) is 0 Å². The molecule has 0 bridgehead atoms. The minimum Gasteiger partial charge on any atom is -0.314 e. The second kappa shape index (κ2) is 6.58. The van der Waals surface area contributed by atoms with Crippen molar-refractivity contribution in [1.29, 1.82) is 0 Å². The van der Waals surface area contributed by atoms with Gasteiger partial charge in [-0.1, -0.05) is 34.1 Å². The summed E-state index contributed by atoms with van der Waals surface area (Å²) >= 11 is 0. The summed E-state index contributed by atoms with van der Waals surface area (Å²) in [4.78, 5) is 2.72. The predicted molar refractivity (Wildman–Crippen MR) is 83.4 cm³/mol. The molecule has 0 aromatic carbocycles. The van der Waals surface area contributed by atoms with Gasteiger partial charge in [-0.3, -0.25) is 0 Å². The molecule has 2 rings (SSSR count). The smallest absolute Gasteiger partial charge is 0.00956 e. The van der Waals surface area contributed by atoms with Crippen LogP contribution in [0.15, 0.2) is 0 Å². The molecule has 0 radical (unpaired) electrons. The molecule has 1 saturated heterocycles. The number of nitrogens with one attached hydrogen (secondary N) is 1. The summed E-state index contributed by atoms with van der Waals surface area (Å²) in [6.45, 7) is 14.6. The predicted octanol–water partition coefficient (Wildman–Crippen LogP) is 3.52. The lowest BCUT2D eigenvalue weighted by Crippen LogP contribution is -2.34. The van der Waals surface area contributed by atoms with Gasteiger partial charge in [0.2, 0.25) is 0 Å². The average molecular weight is 266 g/mol. The van der Waals surface area contributed by atoms with Crippen LogP contribution < -0.4 is 5.32 Å². The molecule has 1 aliphatic carbocycles. The number of rotatable bonds is 5. The topological polar surface area (TPSA) is 15.3 Å². The van der Waals surface area contributed by atoms with Crippen molar-refractivity contribution in [1.82, 2.24) is 10.2 Å². The molecule has 0 spiro atoms. The third-order valence-corrected chi connectivity index (χ3v) is 5.44. The second-order valence-corrected chi connectivity index (χ2v) is 7.80. The van der Waals surface area contributed by atoms with E-state index in [1.807, 2.05) is 0 Å². The van der Waals surface area contributed by atoms with E-state index in [9.17, 15) is 0 Å². The van der Waals surface area contributed by atoms with Crippen molar-refractivity contribution in [3.8, 4) is 0 Å². The average Bonchev–Trinajstić information content (AvgIpc) is 2.94. The fraction of sp³-hybridized carbons (Fsp3) is 1.00. The van der Waals surface area contributed by atoms with Crippen molar-refractivity contribution in [2.75, 3.05) is 26.2 Å². The maximum Gasteiger partial charge on any atom is 0.00956 e. The Morgan fingerprint density at radius 3 is 2.58 bits per heavy atom. The number of likely N-dealkylation sites (tertiary alicyclic amines) is 1. The molecule has 19 heavy (non-hydrogen) atoms. The van der Waals surface area contributed by atoms with Crippen molar-refractivity contribution < 1.29 is 0 Å². The lowest BCUT2D eigenvalue weighted by Gasteiger charge is -2.28. The van der Waals surface area contributed by atoms with Gasteiger partial charge in [0.05, 0.1) is 0 Å². The SMILES string of the molecule is CCNC1CCCC1CCN1CCC(C(C)(C)C)C1. The van der Waals surface area contributed by atoms with Crippen LogP contribution in [0.1, 0.15) is 59.8 Å². The number of hydrogen-bond acceptors (Lipinski definition) is 2. The molecule has 1 aliphatic heterocycles. The van der Waals surface area contributed by atoms with Crippen molar-refractivity contribution in [2.24, 2.45) is 17.3 Å². The molecule has 2 aliphatic rings. The summed E-state index contributed by atoms with van der Waals surface area (Å²) in [5, 5.41) is 3.68. The fourth-order valence-electron chi connectivity index (χ4n) is 4.00. The molecule has 0 aromatic rings. The Morgan fingerprint density at radius 1 is 1.16 bits per heavy atom. The van der Waals surface area contributed by atoms with Crippen LogP contribution in [0.4, 0.5) is 0 Å². The molecule has 1 heterocycles. The highest BCUT2D eigenvalue weighted by Crippen LogP contribution is 2.34. The summed E-state index contributed by atoms with van der Waals surface area (Å²) in [6, 6.07) is 0.811. The van der Waals surface area contributed by atoms with Crippen LogP contribution in [0.3, 0.4) is 0 Å². The largest absolute Gasteiger partial charge is 0.314 e. The first-order chi connectivity index (χ1) is 9.00. The standard InChI is InChI=1S/C17H34N2/c1-5-18-16-8-6-7-14(16)9-11-19-12-10-15(13-19)17(2,3)4/h14-16,18H,5-13H2,1-4H3. The highest BCUT2D eigenvalue weighted by atomic mass is 15.1. The fourth-order valence-corrected chi connectivity index (χ4v) is 4.00. The maximum absolute atomic E-state index is 3.68. The van der Waals surface area contributed by atoms with E-state index in [4.69, 9.17) is 0 Å². The van der Waals surface area contributed by atoms with Gasteiger partial charge in [0.1, 0.15) is 0 Å². The lowest BCUT2D eigenvalue weighted by molar-refractivity contribution is 0.219. The first kappa shape index (κ1) is 15.3. The number of hydrogen-bond donors (Lipinski definition) is 1. The van der Waals surface area contributed by atoms with Gasteiger partial charge in [-0.25, -0.2) is 0 Å². The van der Waals surface area contributed by atoms with Crippen LogP contribution in [-0.2, 0) is 0 Å².